The maximum absolute atomic E-state index is 14.4. The van der Waals surface area contributed by atoms with Crippen molar-refractivity contribution in [1.82, 2.24) is 0 Å². The molecule has 0 heterocycles. The number of hydrogen-bond acceptors (Lipinski definition) is 4. The summed E-state index contributed by atoms with van der Waals surface area (Å²) in [4.78, 5) is 11.0. The van der Waals surface area contributed by atoms with E-state index in [0.29, 0.717) is 5.56 Å². The summed E-state index contributed by atoms with van der Waals surface area (Å²) in [7, 11) is -2.84. The highest BCUT2D eigenvalue weighted by molar-refractivity contribution is 9.10. The lowest BCUT2D eigenvalue weighted by molar-refractivity contribution is 0.0696. The average molecular weight is 479 g/mol. The fraction of sp³-hybridized carbons (Fsp3) is 0.0952. The molecular formula is C21H16BrFO5S. The quantitative estimate of drug-likeness (QED) is 0.542. The van der Waals surface area contributed by atoms with Crippen molar-refractivity contribution in [2.75, 3.05) is 7.11 Å². The lowest BCUT2D eigenvalue weighted by atomic mass is 10.0. The van der Waals surface area contributed by atoms with Gasteiger partial charge >= 0.3 is 5.97 Å². The van der Waals surface area contributed by atoms with Crippen LogP contribution in [0.1, 0.15) is 15.9 Å². The van der Waals surface area contributed by atoms with Crippen molar-refractivity contribution in [1.29, 1.82) is 0 Å². The number of methoxy groups -OCH3 is 1. The van der Waals surface area contributed by atoms with E-state index in [9.17, 15) is 22.7 Å². The highest BCUT2D eigenvalue weighted by Crippen LogP contribution is 2.36. The van der Waals surface area contributed by atoms with E-state index < -0.39 is 27.4 Å². The molecule has 3 aromatic carbocycles. The Labute approximate surface area is 175 Å². The van der Waals surface area contributed by atoms with Gasteiger partial charge in [-0.05, 0) is 51.3 Å². The molecule has 0 saturated carbocycles. The average Bonchev–Trinajstić information content (AvgIpc) is 2.69. The molecule has 3 rings (SSSR count). The van der Waals surface area contributed by atoms with Crippen LogP contribution in [0.4, 0.5) is 4.39 Å². The number of benzene rings is 3. The maximum atomic E-state index is 14.4. The van der Waals surface area contributed by atoms with Gasteiger partial charge in [0.1, 0.15) is 10.7 Å². The van der Waals surface area contributed by atoms with E-state index in [0.717, 1.165) is 11.6 Å². The summed E-state index contributed by atoms with van der Waals surface area (Å²) in [6, 6.07) is 15.7. The highest BCUT2D eigenvalue weighted by atomic mass is 79.9. The molecule has 0 aliphatic rings. The minimum Gasteiger partial charge on any atom is -0.494 e. The smallest absolute Gasteiger partial charge is 0.335 e. The molecule has 0 aromatic heterocycles. The molecule has 0 radical (unpaired) electrons. The number of aromatic carboxylic acids is 1. The van der Waals surface area contributed by atoms with Gasteiger partial charge in [0.25, 0.3) is 0 Å². The molecule has 0 spiro atoms. The van der Waals surface area contributed by atoms with Gasteiger partial charge in [0.2, 0.25) is 0 Å². The van der Waals surface area contributed by atoms with Gasteiger partial charge in [-0.3, -0.25) is 0 Å². The van der Waals surface area contributed by atoms with Gasteiger partial charge < -0.3 is 9.84 Å². The highest BCUT2D eigenvalue weighted by Gasteiger charge is 2.26. The van der Waals surface area contributed by atoms with Crippen molar-refractivity contribution < 1.29 is 27.4 Å². The first-order valence-electron chi connectivity index (χ1n) is 8.40. The number of ether oxygens (including phenoxy) is 1. The molecule has 0 amide bonds. The molecule has 0 aliphatic carbocycles. The van der Waals surface area contributed by atoms with E-state index in [-0.39, 0.29) is 26.2 Å². The van der Waals surface area contributed by atoms with Crippen LogP contribution in [0.2, 0.25) is 0 Å². The topological polar surface area (TPSA) is 80.7 Å². The molecule has 3 aromatic rings. The number of rotatable bonds is 6. The van der Waals surface area contributed by atoms with Crippen molar-refractivity contribution >= 4 is 31.7 Å². The van der Waals surface area contributed by atoms with E-state index in [1.165, 1.54) is 25.3 Å². The van der Waals surface area contributed by atoms with Crippen LogP contribution >= 0.6 is 15.9 Å². The van der Waals surface area contributed by atoms with Crippen molar-refractivity contribution in [2.24, 2.45) is 0 Å². The Hall–Kier alpha value is -2.71. The first-order valence-corrected chi connectivity index (χ1v) is 10.8. The molecule has 0 unspecified atom stereocenters. The second-order valence-electron chi connectivity index (χ2n) is 6.23. The third-order valence-electron chi connectivity index (χ3n) is 4.29. The van der Waals surface area contributed by atoms with Gasteiger partial charge in [0.15, 0.2) is 15.6 Å². The molecule has 0 aliphatic heterocycles. The Kier molecular flexibility index (Phi) is 6.04. The van der Waals surface area contributed by atoms with Gasteiger partial charge in [0.05, 0.1) is 22.9 Å². The molecule has 0 atom stereocenters. The molecule has 0 bridgehead atoms. The third kappa shape index (κ3) is 4.49. The van der Waals surface area contributed by atoms with E-state index in [1.807, 2.05) is 30.3 Å². The van der Waals surface area contributed by atoms with Crippen LogP contribution in [0.3, 0.4) is 0 Å². The normalized spacial score (nSPS) is 11.3. The molecule has 5 nitrogen and oxygen atoms in total. The van der Waals surface area contributed by atoms with E-state index >= 15 is 0 Å². The van der Waals surface area contributed by atoms with Crippen molar-refractivity contribution in [3.8, 4) is 16.9 Å². The van der Waals surface area contributed by atoms with Gasteiger partial charge in [0, 0.05) is 5.56 Å². The van der Waals surface area contributed by atoms with Crippen molar-refractivity contribution in [3.05, 3.63) is 82.1 Å². The second-order valence-corrected chi connectivity index (χ2v) is 9.04. The Balaban J connectivity index is 2.08. The molecular weight excluding hydrogens is 463 g/mol. The first kappa shape index (κ1) is 21.0. The first-order chi connectivity index (χ1) is 13.7. The minimum atomic E-state index is -4.11. The van der Waals surface area contributed by atoms with Crippen LogP contribution in [-0.4, -0.2) is 26.6 Å². The standard InChI is InChI=1S/C21H16BrFO5S/c1-28-20-17(22)10-15(21(24)25)11-19(20)29(26,27)12-16-9-14(7-8-18(16)23)13-5-3-2-4-6-13/h2-11H,12H2,1H3,(H,24,25). The van der Waals surface area contributed by atoms with E-state index in [2.05, 4.69) is 15.9 Å². The summed E-state index contributed by atoms with van der Waals surface area (Å²) in [6.45, 7) is 0. The maximum Gasteiger partial charge on any atom is 0.335 e. The number of halogens is 2. The second kappa shape index (κ2) is 8.34. The molecule has 8 heteroatoms. The number of carboxylic acid groups (broad SMARTS) is 1. The number of sulfone groups is 1. The number of carboxylic acids is 1. The number of carbonyl (C=O) groups is 1. The predicted octanol–water partition coefficient (Wildman–Crippen LogP) is 4.94. The van der Waals surface area contributed by atoms with Crippen LogP contribution in [-0.2, 0) is 15.6 Å². The summed E-state index contributed by atoms with van der Waals surface area (Å²) in [6.07, 6.45) is 0. The fourth-order valence-electron chi connectivity index (χ4n) is 2.90. The Bertz CT molecular complexity index is 1180. The fourth-order valence-corrected chi connectivity index (χ4v) is 5.22. The van der Waals surface area contributed by atoms with Crippen LogP contribution in [0.15, 0.2) is 70.0 Å². The third-order valence-corrected chi connectivity index (χ3v) is 6.55. The lowest BCUT2D eigenvalue weighted by Gasteiger charge is -2.13. The lowest BCUT2D eigenvalue weighted by Crippen LogP contribution is -2.10. The van der Waals surface area contributed by atoms with Crippen molar-refractivity contribution in [2.45, 2.75) is 10.6 Å². The summed E-state index contributed by atoms with van der Waals surface area (Å²) in [5.41, 5.74) is 1.24. The molecule has 29 heavy (non-hydrogen) atoms. The Morgan fingerprint density at radius 2 is 1.76 bits per heavy atom. The summed E-state index contributed by atoms with van der Waals surface area (Å²) in [5.74, 6) is -2.64. The van der Waals surface area contributed by atoms with Crippen LogP contribution in [0.25, 0.3) is 11.1 Å². The van der Waals surface area contributed by atoms with E-state index in [4.69, 9.17) is 4.74 Å². The van der Waals surface area contributed by atoms with Crippen LogP contribution < -0.4 is 4.74 Å². The predicted molar refractivity (Wildman–Crippen MR) is 110 cm³/mol. The summed E-state index contributed by atoms with van der Waals surface area (Å²) in [5, 5.41) is 9.24. The molecule has 0 fully saturated rings. The minimum absolute atomic E-state index is 0.0229. The number of hydrogen-bond donors (Lipinski definition) is 1. The summed E-state index contributed by atoms with van der Waals surface area (Å²) < 4.78 is 45.8. The van der Waals surface area contributed by atoms with E-state index in [1.54, 1.807) is 6.07 Å². The Morgan fingerprint density at radius 1 is 1.07 bits per heavy atom. The van der Waals surface area contributed by atoms with Crippen molar-refractivity contribution in [3.63, 3.8) is 0 Å². The van der Waals surface area contributed by atoms with Crippen LogP contribution in [0, 0.1) is 5.82 Å². The van der Waals surface area contributed by atoms with Gasteiger partial charge in [-0.25, -0.2) is 17.6 Å². The SMILES string of the molecule is COc1c(Br)cc(C(=O)O)cc1S(=O)(=O)Cc1cc(-c2ccccc2)ccc1F. The summed E-state index contributed by atoms with van der Waals surface area (Å²) >= 11 is 3.13. The Morgan fingerprint density at radius 3 is 2.38 bits per heavy atom. The van der Waals surface area contributed by atoms with Gasteiger partial charge in [-0.2, -0.15) is 0 Å². The monoisotopic (exact) mass is 478 g/mol. The van der Waals surface area contributed by atoms with Gasteiger partial charge in [-0.1, -0.05) is 36.4 Å². The molecule has 1 N–H and O–H groups in total. The molecule has 150 valence electrons. The zero-order valence-corrected chi connectivity index (χ0v) is 17.6. The zero-order chi connectivity index (χ0) is 21.2. The largest absolute Gasteiger partial charge is 0.494 e. The molecule has 0 saturated heterocycles. The van der Waals surface area contributed by atoms with Crippen LogP contribution in [0.5, 0.6) is 5.75 Å². The zero-order valence-electron chi connectivity index (χ0n) is 15.2. The van der Waals surface area contributed by atoms with Gasteiger partial charge in [-0.15, -0.1) is 0 Å².